The van der Waals surface area contributed by atoms with Crippen LogP contribution in [-0.2, 0) is 10.3 Å². The number of alkyl carbamates (subject to hydrolysis) is 1. The maximum absolute atomic E-state index is 14.9. The van der Waals surface area contributed by atoms with Crippen molar-refractivity contribution in [2.24, 2.45) is 11.8 Å². The van der Waals surface area contributed by atoms with Crippen LogP contribution < -0.4 is 16.0 Å². The van der Waals surface area contributed by atoms with Gasteiger partial charge in [-0.05, 0) is 51.1 Å². The van der Waals surface area contributed by atoms with Gasteiger partial charge in [0.1, 0.15) is 5.82 Å². The number of methoxy groups -OCH3 is 1. The van der Waals surface area contributed by atoms with Gasteiger partial charge in [0.15, 0.2) is 0 Å². The van der Waals surface area contributed by atoms with Gasteiger partial charge in [-0.25, -0.2) is 14.0 Å². The first-order chi connectivity index (χ1) is 17.9. The van der Waals surface area contributed by atoms with Gasteiger partial charge in [-0.3, -0.25) is 0 Å². The number of rotatable bonds is 11. The molecule has 1 aromatic carbocycles. The van der Waals surface area contributed by atoms with Crippen molar-refractivity contribution >= 4 is 12.1 Å². The Labute approximate surface area is 220 Å². The Bertz CT molecular complexity index is 866. The van der Waals surface area contributed by atoms with Gasteiger partial charge in [0.25, 0.3) is 0 Å². The Hall–Kier alpha value is -2.39. The van der Waals surface area contributed by atoms with Crippen LogP contribution in [0.1, 0.15) is 69.8 Å². The average Bonchev–Trinajstić information content (AvgIpc) is 2.91. The highest BCUT2D eigenvalue weighted by Crippen LogP contribution is 2.40. The highest BCUT2D eigenvalue weighted by atomic mass is 19.1. The van der Waals surface area contributed by atoms with Crippen molar-refractivity contribution in [2.75, 3.05) is 40.3 Å². The smallest absolute Gasteiger partial charge is 0.406 e. The van der Waals surface area contributed by atoms with Crippen LogP contribution >= 0.6 is 0 Å². The lowest BCUT2D eigenvalue weighted by Gasteiger charge is -2.43. The lowest BCUT2D eigenvalue weighted by atomic mass is 9.74. The molecule has 8 nitrogen and oxygen atoms in total. The second-order valence-corrected chi connectivity index (χ2v) is 10.7. The molecular weight excluding hydrogens is 475 g/mol. The number of ether oxygens (including phenoxy) is 1. The summed E-state index contributed by atoms with van der Waals surface area (Å²) in [6.45, 7) is 1.96. The van der Waals surface area contributed by atoms with E-state index in [-0.39, 0.29) is 30.0 Å². The van der Waals surface area contributed by atoms with Crippen LogP contribution in [0.2, 0.25) is 0 Å². The third-order valence-electron chi connectivity index (χ3n) is 8.03. The largest absolute Gasteiger partial charge is 0.453 e. The molecule has 3 atom stereocenters. The predicted molar refractivity (Wildman–Crippen MR) is 142 cm³/mol. The number of halogens is 1. The zero-order valence-corrected chi connectivity index (χ0v) is 22.4. The Balaban J connectivity index is 1.68. The van der Waals surface area contributed by atoms with Gasteiger partial charge in [0.2, 0.25) is 0 Å². The summed E-state index contributed by atoms with van der Waals surface area (Å²) in [7, 11) is 3.20. The summed E-state index contributed by atoms with van der Waals surface area (Å²) in [4.78, 5) is 26.5. The van der Waals surface area contributed by atoms with E-state index in [2.05, 4.69) is 20.7 Å². The van der Waals surface area contributed by atoms with Gasteiger partial charge in [-0.1, -0.05) is 50.3 Å². The number of nitrogens with one attached hydrogen (secondary N) is 3. The molecule has 4 N–H and O–H groups in total. The number of benzene rings is 1. The highest BCUT2D eigenvalue weighted by molar-refractivity contribution is 5.74. The monoisotopic (exact) mass is 520 g/mol. The molecule has 3 amide bonds. The number of hydrogen-bond acceptors (Lipinski definition) is 5. The molecule has 1 aliphatic heterocycles. The number of likely N-dealkylation sites (N-methyl/N-ethyl adjacent to an activating group) is 1. The summed E-state index contributed by atoms with van der Waals surface area (Å²) in [5, 5.41) is 21.0. The number of urea groups is 1. The van der Waals surface area contributed by atoms with Crippen LogP contribution in [-0.4, -0.2) is 68.5 Å². The number of piperidine rings is 1. The van der Waals surface area contributed by atoms with Gasteiger partial charge in [-0.15, -0.1) is 0 Å². The SMILES string of the molecule is CNC[C@H](CC1CCCCC1)NC(=O)N1CCC[C@@H]([C@@](O)(CCCNC(=O)OC)c2ccccc2F)C1. The van der Waals surface area contributed by atoms with Crippen molar-refractivity contribution in [1.82, 2.24) is 20.9 Å². The predicted octanol–water partition coefficient (Wildman–Crippen LogP) is 4.13. The van der Waals surface area contributed by atoms with E-state index in [4.69, 9.17) is 0 Å². The molecule has 1 aliphatic carbocycles. The van der Waals surface area contributed by atoms with Gasteiger partial charge in [0, 0.05) is 43.7 Å². The topological polar surface area (TPSA) is 103 Å². The van der Waals surface area contributed by atoms with Crippen LogP contribution in [0.4, 0.5) is 14.0 Å². The molecular formula is C28H45FN4O4. The molecule has 1 saturated carbocycles. The van der Waals surface area contributed by atoms with Gasteiger partial charge >= 0.3 is 12.1 Å². The molecule has 37 heavy (non-hydrogen) atoms. The van der Waals surface area contributed by atoms with Crippen LogP contribution in [0, 0.1) is 17.7 Å². The molecule has 1 aromatic rings. The number of likely N-dealkylation sites (tertiary alicyclic amines) is 1. The van der Waals surface area contributed by atoms with E-state index in [1.54, 1.807) is 23.1 Å². The van der Waals surface area contributed by atoms with Gasteiger partial charge in [0.05, 0.1) is 12.7 Å². The quantitative estimate of drug-likeness (QED) is 0.329. The maximum atomic E-state index is 14.9. The summed E-state index contributed by atoms with van der Waals surface area (Å²) in [5.74, 6) is -0.150. The first-order valence-electron chi connectivity index (χ1n) is 13.9. The van der Waals surface area contributed by atoms with E-state index in [0.717, 1.165) is 12.8 Å². The average molecular weight is 521 g/mol. The van der Waals surface area contributed by atoms with Crippen molar-refractivity contribution in [3.63, 3.8) is 0 Å². The number of hydrogen-bond donors (Lipinski definition) is 4. The fourth-order valence-electron chi connectivity index (χ4n) is 6.07. The molecule has 0 aromatic heterocycles. The van der Waals surface area contributed by atoms with Gasteiger partial charge < -0.3 is 30.7 Å². The van der Waals surface area contributed by atoms with Crippen LogP contribution in [0.5, 0.6) is 0 Å². The molecule has 9 heteroatoms. The third kappa shape index (κ3) is 8.30. The lowest BCUT2D eigenvalue weighted by Crippen LogP contribution is -2.54. The highest BCUT2D eigenvalue weighted by Gasteiger charge is 2.42. The Morgan fingerprint density at radius 1 is 1.19 bits per heavy atom. The fraction of sp³-hybridized carbons (Fsp3) is 0.714. The number of carbonyl (C=O) groups is 2. The molecule has 0 unspecified atom stereocenters. The molecule has 0 radical (unpaired) electrons. The first kappa shape index (κ1) is 29.2. The van der Waals surface area contributed by atoms with E-state index in [1.165, 1.54) is 45.3 Å². The second-order valence-electron chi connectivity index (χ2n) is 10.7. The summed E-state index contributed by atoms with van der Waals surface area (Å²) in [5.41, 5.74) is -1.22. The second kappa shape index (κ2) is 14.5. The van der Waals surface area contributed by atoms with Crippen LogP contribution in [0.15, 0.2) is 24.3 Å². The lowest BCUT2D eigenvalue weighted by molar-refractivity contribution is -0.0576. The summed E-state index contributed by atoms with van der Waals surface area (Å²) in [6.07, 6.45) is 8.82. The Kier molecular flexibility index (Phi) is 11.4. The fourth-order valence-corrected chi connectivity index (χ4v) is 6.07. The molecule has 3 rings (SSSR count). The van der Waals surface area contributed by atoms with Crippen LogP contribution in [0.3, 0.4) is 0 Å². The van der Waals surface area contributed by atoms with Crippen molar-refractivity contribution in [3.8, 4) is 0 Å². The van der Waals surface area contributed by atoms with Crippen molar-refractivity contribution in [1.29, 1.82) is 0 Å². The number of aliphatic hydroxyl groups is 1. The van der Waals surface area contributed by atoms with Crippen molar-refractivity contribution < 1.29 is 23.8 Å². The number of carbonyl (C=O) groups excluding carboxylic acids is 2. The summed E-state index contributed by atoms with van der Waals surface area (Å²) < 4.78 is 19.5. The molecule has 0 bridgehead atoms. The van der Waals surface area contributed by atoms with Crippen molar-refractivity contribution in [2.45, 2.75) is 75.9 Å². The minimum Gasteiger partial charge on any atom is -0.453 e. The van der Waals surface area contributed by atoms with Crippen molar-refractivity contribution in [3.05, 3.63) is 35.6 Å². The first-order valence-corrected chi connectivity index (χ1v) is 13.9. The van der Waals surface area contributed by atoms with Gasteiger partial charge in [-0.2, -0.15) is 0 Å². The Morgan fingerprint density at radius 2 is 1.95 bits per heavy atom. The summed E-state index contributed by atoms with van der Waals surface area (Å²) in [6, 6.07) is 6.23. The minimum atomic E-state index is -1.46. The summed E-state index contributed by atoms with van der Waals surface area (Å²) >= 11 is 0. The Morgan fingerprint density at radius 3 is 2.65 bits per heavy atom. The van der Waals surface area contributed by atoms with E-state index < -0.39 is 17.5 Å². The van der Waals surface area contributed by atoms with Crippen LogP contribution in [0.25, 0.3) is 0 Å². The molecule has 2 fully saturated rings. The number of nitrogens with zero attached hydrogens (tertiary/aromatic N) is 1. The standard InChI is InChI=1S/C28H45FN4O4/c1-30-19-23(18-21-10-4-3-5-11-21)32-26(34)33-17-8-12-22(20-33)28(36,15-9-16-31-27(35)37-2)24-13-6-7-14-25(24)29/h6-7,13-14,21-23,30,36H,3-5,8-12,15-20H2,1-2H3,(H,31,35)(H,32,34)/t22-,23+,28+/m1/s1. The maximum Gasteiger partial charge on any atom is 0.406 e. The van der Waals surface area contributed by atoms with E-state index in [1.807, 2.05) is 7.05 Å². The van der Waals surface area contributed by atoms with E-state index in [0.29, 0.717) is 44.9 Å². The molecule has 0 spiro atoms. The molecule has 2 aliphatic rings. The zero-order chi connectivity index (χ0) is 26.7. The zero-order valence-electron chi connectivity index (χ0n) is 22.4. The number of amides is 3. The molecule has 1 heterocycles. The van der Waals surface area contributed by atoms with E-state index >= 15 is 0 Å². The third-order valence-corrected chi connectivity index (χ3v) is 8.03. The molecule has 1 saturated heterocycles. The minimum absolute atomic E-state index is 0.0517. The van der Waals surface area contributed by atoms with E-state index in [9.17, 15) is 19.1 Å². The molecule has 208 valence electrons. The normalized spacial score (nSPS) is 21.1.